The van der Waals surface area contributed by atoms with Crippen LogP contribution in [0.15, 0.2) is 24.5 Å². The van der Waals surface area contributed by atoms with Gasteiger partial charge >= 0.3 is 0 Å². The monoisotopic (exact) mass is 253 g/mol. The van der Waals surface area contributed by atoms with Crippen molar-refractivity contribution in [1.82, 2.24) is 15.2 Å². The molecule has 0 aliphatic carbocycles. The lowest BCUT2D eigenvalue weighted by molar-refractivity contribution is 0.847. The molecule has 5 heteroatoms. The first-order chi connectivity index (χ1) is 9.13. The quantitative estimate of drug-likeness (QED) is 0.909. The molecular formula is C14H15N5. The van der Waals surface area contributed by atoms with E-state index >= 15 is 0 Å². The van der Waals surface area contributed by atoms with Crippen LogP contribution in [0.25, 0.3) is 0 Å². The van der Waals surface area contributed by atoms with Crippen molar-refractivity contribution in [2.45, 2.75) is 26.8 Å². The largest absolute Gasteiger partial charge is 0.361 e. The molecule has 2 aromatic heterocycles. The number of rotatable bonds is 3. The molecule has 0 saturated heterocycles. The first kappa shape index (κ1) is 13.0. The third-order valence-corrected chi connectivity index (χ3v) is 3.13. The third-order valence-electron chi connectivity index (χ3n) is 3.13. The van der Waals surface area contributed by atoms with Crippen LogP contribution >= 0.6 is 0 Å². The third kappa shape index (κ3) is 2.68. The molecule has 1 N–H and O–H groups in total. The van der Waals surface area contributed by atoms with E-state index in [9.17, 15) is 5.26 Å². The van der Waals surface area contributed by atoms with Gasteiger partial charge in [-0.15, -0.1) is 5.10 Å². The van der Waals surface area contributed by atoms with Gasteiger partial charge in [-0.3, -0.25) is 4.98 Å². The molecule has 2 heterocycles. The summed E-state index contributed by atoms with van der Waals surface area (Å²) in [6.07, 6.45) is 3.48. The number of nitrogens with one attached hydrogen (secondary N) is 1. The zero-order chi connectivity index (χ0) is 13.8. The highest BCUT2D eigenvalue weighted by atomic mass is 15.2. The highest BCUT2D eigenvalue weighted by molar-refractivity contribution is 5.56. The van der Waals surface area contributed by atoms with Gasteiger partial charge in [-0.1, -0.05) is 0 Å². The Hall–Kier alpha value is -2.48. The summed E-state index contributed by atoms with van der Waals surface area (Å²) in [5.41, 5.74) is 3.27. The number of nitrogens with zero attached hydrogens (tertiary/aromatic N) is 4. The molecule has 0 bridgehead atoms. The maximum atomic E-state index is 9.24. The van der Waals surface area contributed by atoms with E-state index < -0.39 is 0 Å². The van der Waals surface area contributed by atoms with E-state index in [2.05, 4.69) is 26.6 Å². The summed E-state index contributed by atoms with van der Waals surface area (Å²) in [5.74, 6) is 0.523. The molecule has 96 valence electrons. The molecule has 0 radical (unpaired) electrons. The van der Waals surface area contributed by atoms with Gasteiger partial charge in [-0.25, -0.2) is 0 Å². The fourth-order valence-electron chi connectivity index (χ4n) is 1.79. The van der Waals surface area contributed by atoms with E-state index in [1.54, 1.807) is 12.4 Å². The minimum Gasteiger partial charge on any atom is -0.361 e. The van der Waals surface area contributed by atoms with Gasteiger partial charge < -0.3 is 5.32 Å². The Morgan fingerprint density at radius 3 is 2.53 bits per heavy atom. The molecule has 0 amide bonds. The van der Waals surface area contributed by atoms with Gasteiger partial charge in [0.1, 0.15) is 11.6 Å². The van der Waals surface area contributed by atoms with Crippen LogP contribution < -0.4 is 5.32 Å². The second kappa shape index (κ2) is 5.44. The van der Waals surface area contributed by atoms with Crippen LogP contribution in [0.2, 0.25) is 0 Å². The highest BCUT2D eigenvalue weighted by Crippen LogP contribution is 2.22. The van der Waals surface area contributed by atoms with Crippen LogP contribution in [0, 0.1) is 25.2 Å². The summed E-state index contributed by atoms with van der Waals surface area (Å²) in [4.78, 5) is 3.99. The van der Waals surface area contributed by atoms with Crippen molar-refractivity contribution < 1.29 is 0 Å². The Bertz CT molecular complexity index is 616. The van der Waals surface area contributed by atoms with Crippen molar-refractivity contribution in [2.24, 2.45) is 0 Å². The summed E-state index contributed by atoms with van der Waals surface area (Å²) in [5, 5.41) is 20.6. The fraction of sp³-hybridized carbons (Fsp3) is 0.286. The van der Waals surface area contributed by atoms with Crippen LogP contribution in [0.3, 0.4) is 0 Å². The van der Waals surface area contributed by atoms with Gasteiger partial charge in [0.05, 0.1) is 11.7 Å². The zero-order valence-electron chi connectivity index (χ0n) is 11.2. The van der Waals surface area contributed by atoms with E-state index in [1.807, 2.05) is 32.9 Å². The van der Waals surface area contributed by atoms with Gasteiger partial charge in [0.25, 0.3) is 0 Å². The van der Waals surface area contributed by atoms with Crippen molar-refractivity contribution >= 4 is 5.82 Å². The molecule has 19 heavy (non-hydrogen) atoms. The van der Waals surface area contributed by atoms with E-state index in [-0.39, 0.29) is 6.04 Å². The first-order valence-electron chi connectivity index (χ1n) is 6.04. The first-order valence-corrected chi connectivity index (χ1v) is 6.04. The van der Waals surface area contributed by atoms with E-state index in [0.717, 1.165) is 16.8 Å². The van der Waals surface area contributed by atoms with E-state index in [4.69, 9.17) is 0 Å². The lowest BCUT2D eigenvalue weighted by Gasteiger charge is -2.16. The lowest BCUT2D eigenvalue weighted by atomic mass is 10.1. The molecule has 1 atom stereocenters. The van der Waals surface area contributed by atoms with Gasteiger partial charge in [0, 0.05) is 12.4 Å². The van der Waals surface area contributed by atoms with Crippen LogP contribution in [-0.2, 0) is 0 Å². The second-order valence-electron chi connectivity index (χ2n) is 4.39. The summed E-state index contributed by atoms with van der Waals surface area (Å²) in [7, 11) is 0. The standard InChI is InChI=1S/C14H15N5/c1-9-10(2)18-19-14(13(9)8-15)17-11(3)12-4-6-16-7-5-12/h4-7,11H,1-3H3,(H,17,19). The fourth-order valence-corrected chi connectivity index (χ4v) is 1.79. The average Bonchev–Trinajstić information content (AvgIpc) is 2.44. The average molecular weight is 253 g/mol. The molecule has 0 aromatic carbocycles. The van der Waals surface area contributed by atoms with Crippen molar-refractivity contribution in [3.8, 4) is 6.07 Å². The predicted molar refractivity (Wildman–Crippen MR) is 72.5 cm³/mol. The Morgan fingerprint density at radius 1 is 1.21 bits per heavy atom. The topological polar surface area (TPSA) is 74.5 Å². The Morgan fingerprint density at radius 2 is 1.89 bits per heavy atom. The van der Waals surface area contributed by atoms with Crippen LogP contribution in [-0.4, -0.2) is 15.2 Å². The van der Waals surface area contributed by atoms with Gasteiger partial charge in [-0.05, 0) is 44.0 Å². The number of hydrogen-bond acceptors (Lipinski definition) is 5. The van der Waals surface area contributed by atoms with E-state index in [0.29, 0.717) is 11.4 Å². The minimum absolute atomic E-state index is 0.0338. The van der Waals surface area contributed by atoms with Gasteiger partial charge in [0.2, 0.25) is 0 Å². The van der Waals surface area contributed by atoms with Crippen LogP contribution in [0.5, 0.6) is 0 Å². The van der Waals surface area contributed by atoms with Gasteiger partial charge in [0.15, 0.2) is 5.82 Å². The van der Waals surface area contributed by atoms with Crippen molar-refractivity contribution in [2.75, 3.05) is 5.32 Å². The molecule has 1 unspecified atom stereocenters. The van der Waals surface area contributed by atoms with Crippen LogP contribution in [0.4, 0.5) is 5.82 Å². The molecule has 5 nitrogen and oxygen atoms in total. The lowest BCUT2D eigenvalue weighted by Crippen LogP contribution is -2.11. The number of anilines is 1. The molecule has 2 rings (SSSR count). The number of pyridine rings is 1. The number of hydrogen-bond donors (Lipinski definition) is 1. The van der Waals surface area contributed by atoms with Crippen molar-refractivity contribution in [1.29, 1.82) is 5.26 Å². The highest BCUT2D eigenvalue weighted by Gasteiger charge is 2.13. The summed E-state index contributed by atoms with van der Waals surface area (Å²) >= 11 is 0. The molecule has 0 aliphatic heterocycles. The van der Waals surface area contributed by atoms with E-state index in [1.165, 1.54) is 0 Å². The Labute approximate surface area is 112 Å². The molecule has 0 aliphatic rings. The molecule has 0 saturated carbocycles. The number of aryl methyl sites for hydroxylation is 1. The number of nitriles is 1. The summed E-state index contributed by atoms with van der Waals surface area (Å²) in [6.45, 7) is 5.73. The minimum atomic E-state index is 0.0338. The zero-order valence-corrected chi connectivity index (χ0v) is 11.2. The summed E-state index contributed by atoms with van der Waals surface area (Å²) < 4.78 is 0. The molecule has 0 spiro atoms. The second-order valence-corrected chi connectivity index (χ2v) is 4.39. The molecule has 0 fully saturated rings. The van der Waals surface area contributed by atoms with Crippen LogP contribution in [0.1, 0.15) is 35.3 Å². The Balaban J connectivity index is 2.30. The normalized spacial score (nSPS) is 11.7. The maximum absolute atomic E-state index is 9.24. The molecule has 2 aromatic rings. The predicted octanol–water partition coefficient (Wildman–Crippen LogP) is 2.53. The van der Waals surface area contributed by atoms with Gasteiger partial charge in [-0.2, -0.15) is 10.4 Å². The van der Waals surface area contributed by atoms with Crippen molar-refractivity contribution in [3.63, 3.8) is 0 Å². The molecular weight excluding hydrogens is 238 g/mol. The smallest absolute Gasteiger partial charge is 0.167 e. The Kier molecular flexibility index (Phi) is 3.71. The number of aromatic nitrogens is 3. The maximum Gasteiger partial charge on any atom is 0.167 e. The van der Waals surface area contributed by atoms with Crippen molar-refractivity contribution in [3.05, 3.63) is 46.9 Å². The summed E-state index contributed by atoms with van der Waals surface area (Å²) in [6, 6.07) is 6.08. The SMILES string of the molecule is Cc1nnc(NC(C)c2ccncc2)c(C#N)c1C.